The van der Waals surface area contributed by atoms with Crippen LogP contribution in [0.1, 0.15) is 39.9 Å². The van der Waals surface area contributed by atoms with Gasteiger partial charge in [-0.2, -0.15) is 0 Å². The molecule has 0 atom stereocenters. The first-order valence-electron chi connectivity index (χ1n) is 11.0. The van der Waals surface area contributed by atoms with Crippen molar-refractivity contribution in [2.45, 2.75) is 38.1 Å². The summed E-state index contributed by atoms with van der Waals surface area (Å²) in [5.41, 5.74) is 3.39. The molecular weight excluding hydrogens is 436 g/mol. The normalized spacial score (nSPS) is 13.7. The molecule has 0 radical (unpaired) electrons. The van der Waals surface area contributed by atoms with Gasteiger partial charge in [0.1, 0.15) is 5.82 Å². The number of sulfonamides is 1. The lowest BCUT2D eigenvalue weighted by Gasteiger charge is -2.17. The van der Waals surface area contributed by atoms with E-state index >= 15 is 0 Å². The number of anilines is 2. The molecule has 0 saturated carbocycles. The zero-order valence-electron chi connectivity index (χ0n) is 18.8. The lowest BCUT2D eigenvalue weighted by molar-refractivity contribution is 0.0951. The first-order chi connectivity index (χ1) is 15.8. The summed E-state index contributed by atoms with van der Waals surface area (Å²) >= 11 is 0. The van der Waals surface area contributed by atoms with Crippen molar-refractivity contribution in [1.82, 2.24) is 10.3 Å². The Labute approximate surface area is 194 Å². The molecule has 2 N–H and O–H groups in total. The van der Waals surface area contributed by atoms with E-state index < -0.39 is 10.0 Å². The van der Waals surface area contributed by atoms with Gasteiger partial charge in [0, 0.05) is 37.1 Å². The summed E-state index contributed by atoms with van der Waals surface area (Å²) in [6.45, 7) is 6.04. The highest BCUT2D eigenvalue weighted by Gasteiger charge is 2.18. The molecule has 2 heterocycles. The van der Waals surface area contributed by atoms with Crippen LogP contribution < -0.4 is 14.9 Å². The summed E-state index contributed by atoms with van der Waals surface area (Å²) in [5.74, 6) is 0.721. The number of carbonyl (C=O) groups is 1. The molecule has 0 aliphatic carbocycles. The van der Waals surface area contributed by atoms with Crippen LogP contribution in [0.5, 0.6) is 0 Å². The van der Waals surface area contributed by atoms with Crippen molar-refractivity contribution in [3.05, 3.63) is 83.0 Å². The first kappa shape index (κ1) is 22.8. The molecule has 8 heteroatoms. The maximum atomic E-state index is 12.8. The monoisotopic (exact) mass is 464 g/mol. The van der Waals surface area contributed by atoms with Crippen LogP contribution in [0.15, 0.2) is 65.7 Å². The number of nitrogens with zero attached hydrogens (tertiary/aromatic N) is 2. The van der Waals surface area contributed by atoms with Gasteiger partial charge in [0.2, 0.25) is 0 Å². The second-order valence-electron chi connectivity index (χ2n) is 8.35. The molecule has 0 unspecified atom stereocenters. The molecule has 0 bridgehead atoms. The van der Waals surface area contributed by atoms with Crippen LogP contribution in [0.25, 0.3) is 0 Å². The maximum absolute atomic E-state index is 12.8. The standard InChI is InChI=1S/C25H28N4O3S/c1-18-5-6-19(2)23(15-18)33(31,32)28-22-9-7-21(8-10-22)25(30)27-17-20-11-12-26-24(16-20)29-13-3-4-14-29/h5-12,15-16,28H,3-4,13-14,17H2,1-2H3,(H,27,30). The third-order valence-electron chi connectivity index (χ3n) is 5.73. The van der Waals surface area contributed by atoms with E-state index in [4.69, 9.17) is 0 Å². The summed E-state index contributed by atoms with van der Waals surface area (Å²) in [5, 5.41) is 2.92. The van der Waals surface area contributed by atoms with Crippen molar-refractivity contribution < 1.29 is 13.2 Å². The van der Waals surface area contributed by atoms with Gasteiger partial charge in [-0.1, -0.05) is 12.1 Å². The van der Waals surface area contributed by atoms with Crippen LogP contribution in [0.2, 0.25) is 0 Å². The number of amides is 1. The van der Waals surface area contributed by atoms with E-state index in [0.29, 0.717) is 23.4 Å². The Morgan fingerprint density at radius 2 is 1.73 bits per heavy atom. The van der Waals surface area contributed by atoms with Crippen LogP contribution in [0, 0.1) is 13.8 Å². The third-order valence-corrected chi connectivity index (χ3v) is 7.25. The highest BCUT2D eigenvalue weighted by atomic mass is 32.2. The van der Waals surface area contributed by atoms with Gasteiger partial charge in [0.05, 0.1) is 4.90 Å². The highest BCUT2D eigenvalue weighted by Crippen LogP contribution is 2.21. The van der Waals surface area contributed by atoms with Gasteiger partial charge < -0.3 is 10.2 Å². The van der Waals surface area contributed by atoms with Gasteiger partial charge >= 0.3 is 0 Å². The molecular formula is C25H28N4O3S. The van der Waals surface area contributed by atoms with Crippen LogP contribution in [0.3, 0.4) is 0 Å². The molecule has 7 nitrogen and oxygen atoms in total. The number of hydrogen-bond acceptors (Lipinski definition) is 5. The second kappa shape index (κ2) is 9.62. The number of benzene rings is 2. The fourth-order valence-electron chi connectivity index (χ4n) is 3.87. The maximum Gasteiger partial charge on any atom is 0.262 e. The van der Waals surface area contributed by atoms with Crippen molar-refractivity contribution in [3.63, 3.8) is 0 Å². The minimum absolute atomic E-state index is 0.224. The molecule has 0 spiro atoms. The van der Waals surface area contributed by atoms with E-state index in [1.807, 2.05) is 25.1 Å². The number of rotatable bonds is 7. The molecule has 1 aromatic heterocycles. The Balaban J connectivity index is 1.38. The molecule has 1 aliphatic heterocycles. The topological polar surface area (TPSA) is 91.4 Å². The lowest BCUT2D eigenvalue weighted by atomic mass is 10.2. The van der Waals surface area contributed by atoms with Crippen LogP contribution in [-0.2, 0) is 16.6 Å². The zero-order valence-corrected chi connectivity index (χ0v) is 19.7. The second-order valence-corrected chi connectivity index (χ2v) is 10.0. The van der Waals surface area contributed by atoms with Crippen LogP contribution >= 0.6 is 0 Å². The van der Waals surface area contributed by atoms with E-state index in [1.54, 1.807) is 49.5 Å². The largest absolute Gasteiger partial charge is 0.357 e. The Hall–Kier alpha value is -3.39. The van der Waals surface area contributed by atoms with Gasteiger partial charge in [-0.15, -0.1) is 0 Å². The molecule has 33 heavy (non-hydrogen) atoms. The SMILES string of the molecule is Cc1ccc(C)c(S(=O)(=O)Nc2ccc(C(=O)NCc3ccnc(N4CCCC4)c3)cc2)c1. The van der Waals surface area contributed by atoms with E-state index in [-0.39, 0.29) is 10.8 Å². The number of aryl methyl sites for hydroxylation is 2. The van der Waals surface area contributed by atoms with Gasteiger partial charge in [-0.25, -0.2) is 13.4 Å². The van der Waals surface area contributed by atoms with E-state index in [2.05, 4.69) is 19.9 Å². The molecule has 1 aliphatic rings. The predicted molar refractivity (Wildman–Crippen MR) is 130 cm³/mol. The number of nitrogens with one attached hydrogen (secondary N) is 2. The Kier molecular flexibility index (Phi) is 6.65. The van der Waals surface area contributed by atoms with Gasteiger partial charge in [0.15, 0.2) is 0 Å². The summed E-state index contributed by atoms with van der Waals surface area (Å²) < 4.78 is 28.1. The summed E-state index contributed by atoms with van der Waals surface area (Å²) in [7, 11) is -3.72. The van der Waals surface area contributed by atoms with Crippen molar-refractivity contribution >= 4 is 27.4 Å². The smallest absolute Gasteiger partial charge is 0.262 e. The minimum atomic E-state index is -3.72. The Bertz CT molecular complexity index is 1250. The number of hydrogen-bond donors (Lipinski definition) is 2. The molecule has 1 amide bonds. The van der Waals surface area contributed by atoms with Crippen molar-refractivity contribution in [2.24, 2.45) is 0 Å². The molecule has 1 fully saturated rings. The zero-order chi connectivity index (χ0) is 23.4. The molecule has 4 rings (SSSR count). The van der Waals surface area contributed by atoms with Gasteiger partial charge in [-0.3, -0.25) is 9.52 Å². The summed E-state index contributed by atoms with van der Waals surface area (Å²) in [6, 6.07) is 15.6. The Morgan fingerprint density at radius 1 is 1.00 bits per heavy atom. The van der Waals surface area contributed by atoms with Crippen LogP contribution in [-0.4, -0.2) is 32.4 Å². The van der Waals surface area contributed by atoms with Crippen molar-refractivity contribution in [1.29, 1.82) is 0 Å². The Morgan fingerprint density at radius 3 is 2.45 bits per heavy atom. The van der Waals surface area contributed by atoms with E-state index in [1.165, 1.54) is 12.8 Å². The quantitative estimate of drug-likeness (QED) is 0.551. The highest BCUT2D eigenvalue weighted by molar-refractivity contribution is 7.92. The molecule has 3 aromatic rings. The first-order valence-corrected chi connectivity index (χ1v) is 12.5. The van der Waals surface area contributed by atoms with Gasteiger partial charge in [0.25, 0.3) is 15.9 Å². The average Bonchev–Trinajstić information content (AvgIpc) is 3.34. The van der Waals surface area contributed by atoms with Gasteiger partial charge in [-0.05, 0) is 85.8 Å². The number of pyridine rings is 1. The van der Waals surface area contributed by atoms with E-state index in [0.717, 1.165) is 30.0 Å². The summed E-state index contributed by atoms with van der Waals surface area (Å²) in [6.07, 6.45) is 4.13. The molecule has 1 saturated heterocycles. The fourth-order valence-corrected chi connectivity index (χ4v) is 5.26. The van der Waals surface area contributed by atoms with E-state index in [9.17, 15) is 13.2 Å². The third kappa shape index (κ3) is 5.51. The predicted octanol–water partition coefficient (Wildman–Crippen LogP) is 4.03. The van der Waals surface area contributed by atoms with Crippen LogP contribution in [0.4, 0.5) is 11.5 Å². The minimum Gasteiger partial charge on any atom is -0.357 e. The van der Waals surface area contributed by atoms with Crippen molar-refractivity contribution in [2.75, 3.05) is 22.7 Å². The molecule has 2 aromatic carbocycles. The molecule has 172 valence electrons. The number of carbonyl (C=O) groups excluding carboxylic acids is 1. The lowest BCUT2D eigenvalue weighted by Crippen LogP contribution is -2.23. The average molecular weight is 465 g/mol. The van der Waals surface area contributed by atoms with Crippen molar-refractivity contribution in [3.8, 4) is 0 Å². The summed E-state index contributed by atoms with van der Waals surface area (Å²) in [4.78, 5) is 19.5. The number of aromatic nitrogens is 1. The fraction of sp³-hybridized carbons (Fsp3) is 0.280.